The lowest BCUT2D eigenvalue weighted by molar-refractivity contribution is -0.139. The number of piperidine rings is 1. The number of methoxy groups -OCH3 is 1. The van der Waals surface area contributed by atoms with E-state index in [1.54, 1.807) is 0 Å². The smallest absolute Gasteiger partial charge is 0.309 e. The van der Waals surface area contributed by atoms with E-state index in [9.17, 15) is 4.79 Å². The molecule has 2 unspecified atom stereocenters. The third-order valence-corrected chi connectivity index (χ3v) is 7.11. The van der Waals surface area contributed by atoms with Crippen LogP contribution in [0, 0.1) is 24.7 Å². The average molecular weight is 438 g/mol. The van der Waals surface area contributed by atoms with Crippen LogP contribution < -0.4 is 9.64 Å². The molecule has 1 aromatic heterocycles. The number of ether oxygens (including phenoxy) is 2. The predicted octanol–water partition coefficient (Wildman–Crippen LogP) is 4.38. The molecule has 0 amide bonds. The summed E-state index contributed by atoms with van der Waals surface area (Å²) in [7, 11) is 1.41. The van der Waals surface area contributed by atoms with Gasteiger partial charge in [-0.25, -0.2) is 9.97 Å². The minimum atomic E-state index is -0.221. The summed E-state index contributed by atoms with van der Waals surface area (Å²) in [6, 6.07) is 7.74. The van der Waals surface area contributed by atoms with Crippen molar-refractivity contribution < 1.29 is 14.3 Å². The van der Waals surface area contributed by atoms with Gasteiger partial charge in [0, 0.05) is 25.0 Å². The fourth-order valence-electron chi connectivity index (χ4n) is 4.96. The summed E-state index contributed by atoms with van der Waals surface area (Å²) >= 11 is 0. The number of hydrogen-bond acceptors (Lipinski definition) is 6. The summed E-state index contributed by atoms with van der Waals surface area (Å²) in [6.45, 7) is 7.12. The van der Waals surface area contributed by atoms with E-state index in [-0.39, 0.29) is 5.97 Å². The van der Waals surface area contributed by atoms with Gasteiger partial charge in [0.15, 0.2) is 0 Å². The highest BCUT2D eigenvalue weighted by Crippen LogP contribution is 2.49. The Morgan fingerprint density at radius 2 is 1.94 bits per heavy atom. The number of esters is 1. The molecule has 0 radical (unpaired) electrons. The van der Waals surface area contributed by atoms with Crippen LogP contribution in [-0.2, 0) is 22.4 Å². The van der Waals surface area contributed by atoms with Crippen LogP contribution in [0.25, 0.3) is 0 Å². The Morgan fingerprint density at radius 3 is 2.59 bits per heavy atom. The second-order valence-electron chi connectivity index (χ2n) is 9.15. The third kappa shape index (κ3) is 5.59. The first-order valence-corrected chi connectivity index (χ1v) is 11.9. The van der Waals surface area contributed by atoms with Crippen molar-refractivity contribution in [1.82, 2.24) is 9.97 Å². The third-order valence-electron chi connectivity index (χ3n) is 7.11. The molecule has 1 aromatic carbocycles. The van der Waals surface area contributed by atoms with Crippen LogP contribution in [0.5, 0.6) is 5.75 Å². The first kappa shape index (κ1) is 22.6. The van der Waals surface area contributed by atoms with Gasteiger partial charge in [-0.2, -0.15) is 0 Å². The van der Waals surface area contributed by atoms with Gasteiger partial charge in [0.1, 0.15) is 5.75 Å². The van der Waals surface area contributed by atoms with Crippen LogP contribution in [0.4, 0.5) is 5.95 Å². The van der Waals surface area contributed by atoms with Crippen molar-refractivity contribution >= 4 is 11.9 Å². The van der Waals surface area contributed by atoms with E-state index in [4.69, 9.17) is 14.5 Å². The number of carbonyl (C=O) groups is 1. The zero-order valence-corrected chi connectivity index (χ0v) is 19.5. The molecule has 2 aromatic rings. The first-order chi connectivity index (χ1) is 15.6. The Bertz CT molecular complexity index is 907. The second kappa shape index (κ2) is 10.3. The molecule has 1 aliphatic carbocycles. The summed E-state index contributed by atoms with van der Waals surface area (Å²) in [5.41, 5.74) is 3.29. The van der Waals surface area contributed by atoms with Gasteiger partial charge in [-0.15, -0.1) is 0 Å². The Morgan fingerprint density at radius 1 is 1.19 bits per heavy atom. The van der Waals surface area contributed by atoms with Gasteiger partial charge in [-0.1, -0.05) is 19.1 Å². The fraction of sp³-hybridized carbons (Fsp3) is 0.577. The lowest BCUT2D eigenvalue weighted by Crippen LogP contribution is -2.35. The lowest BCUT2D eigenvalue weighted by Gasteiger charge is -2.32. The Balaban J connectivity index is 1.16. The predicted molar refractivity (Wildman–Crippen MR) is 125 cm³/mol. The highest BCUT2D eigenvalue weighted by molar-refractivity contribution is 5.72. The molecule has 6 heteroatoms. The van der Waals surface area contributed by atoms with Crippen molar-refractivity contribution in [3.05, 3.63) is 47.3 Å². The van der Waals surface area contributed by atoms with Crippen LogP contribution in [0.15, 0.2) is 30.5 Å². The standard InChI is InChI=1S/C26H35N3O3/c1-4-20-17-27-26(28-18(20)2)29-12-9-21(10-13-29)24-16-22(24)11-14-32-23-7-5-19(6-8-23)15-25(30)31-3/h5-8,17,21-22,24H,4,9-16H2,1-3H3. The number of carbonyl (C=O) groups excluding carboxylic acids is 1. The zero-order valence-electron chi connectivity index (χ0n) is 19.5. The zero-order chi connectivity index (χ0) is 22.5. The van der Waals surface area contributed by atoms with Crippen LogP contribution >= 0.6 is 0 Å². The maximum atomic E-state index is 11.3. The number of benzene rings is 1. The van der Waals surface area contributed by atoms with E-state index < -0.39 is 0 Å². The molecule has 32 heavy (non-hydrogen) atoms. The Labute approximate surface area is 191 Å². The molecule has 2 atom stereocenters. The van der Waals surface area contributed by atoms with Gasteiger partial charge in [-0.05, 0) is 80.0 Å². The van der Waals surface area contributed by atoms with E-state index in [0.29, 0.717) is 6.42 Å². The van der Waals surface area contributed by atoms with Crippen molar-refractivity contribution in [2.75, 3.05) is 31.7 Å². The minimum absolute atomic E-state index is 0.221. The first-order valence-electron chi connectivity index (χ1n) is 11.9. The summed E-state index contributed by atoms with van der Waals surface area (Å²) in [4.78, 5) is 23.0. The Hall–Kier alpha value is -2.63. The topological polar surface area (TPSA) is 64.6 Å². The molecular weight excluding hydrogens is 402 g/mol. The molecule has 1 saturated heterocycles. The monoisotopic (exact) mass is 437 g/mol. The molecule has 4 rings (SSSR count). The van der Waals surface area contributed by atoms with Crippen molar-refractivity contribution in [3.8, 4) is 5.75 Å². The van der Waals surface area contributed by atoms with E-state index >= 15 is 0 Å². The molecular formula is C26H35N3O3. The van der Waals surface area contributed by atoms with E-state index in [0.717, 1.165) is 73.2 Å². The van der Waals surface area contributed by atoms with Crippen molar-refractivity contribution in [2.45, 2.75) is 52.4 Å². The van der Waals surface area contributed by atoms with Crippen molar-refractivity contribution in [2.24, 2.45) is 17.8 Å². The number of nitrogens with zero attached hydrogens (tertiary/aromatic N) is 3. The average Bonchev–Trinajstić information content (AvgIpc) is 3.59. The molecule has 1 aliphatic heterocycles. The van der Waals surface area contributed by atoms with Gasteiger partial charge in [0.25, 0.3) is 0 Å². The molecule has 0 bridgehead atoms. The summed E-state index contributed by atoms with van der Waals surface area (Å²) in [5.74, 6) is 4.02. The van der Waals surface area contributed by atoms with E-state index in [1.165, 1.54) is 31.9 Å². The molecule has 6 nitrogen and oxygen atoms in total. The second-order valence-corrected chi connectivity index (χ2v) is 9.15. The normalized spacial score (nSPS) is 20.8. The molecule has 172 valence electrons. The summed E-state index contributed by atoms with van der Waals surface area (Å²) in [5, 5.41) is 0. The van der Waals surface area contributed by atoms with Gasteiger partial charge < -0.3 is 14.4 Å². The van der Waals surface area contributed by atoms with Gasteiger partial charge in [-0.3, -0.25) is 4.79 Å². The molecule has 2 aliphatic rings. The summed E-state index contributed by atoms with van der Waals surface area (Å²) in [6.07, 6.45) is 8.22. The van der Waals surface area contributed by atoms with Crippen molar-refractivity contribution in [3.63, 3.8) is 0 Å². The lowest BCUT2D eigenvalue weighted by atomic mass is 9.90. The number of rotatable bonds is 9. The number of hydrogen-bond donors (Lipinski definition) is 0. The quantitative estimate of drug-likeness (QED) is 0.542. The number of anilines is 1. The van der Waals surface area contributed by atoms with Crippen molar-refractivity contribution in [1.29, 1.82) is 0 Å². The van der Waals surface area contributed by atoms with Gasteiger partial charge >= 0.3 is 5.97 Å². The number of aromatic nitrogens is 2. The largest absolute Gasteiger partial charge is 0.494 e. The van der Waals surface area contributed by atoms with Gasteiger partial charge in [0.2, 0.25) is 5.95 Å². The molecule has 1 saturated carbocycles. The molecule has 2 heterocycles. The minimum Gasteiger partial charge on any atom is -0.494 e. The number of aryl methyl sites for hydroxylation is 2. The van der Waals surface area contributed by atoms with E-state index in [2.05, 4.69) is 23.7 Å². The van der Waals surface area contributed by atoms with Gasteiger partial charge in [0.05, 0.1) is 20.1 Å². The van der Waals surface area contributed by atoms with Crippen LogP contribution in [0.1, 0.15) is 49.4 Å². The van der Waals surface area contributed by atoms with Crippen LogP contribution in [-0.4, -0.2) is 42.7 Å². The maximum absolute atomic E-state index is 11.3. The SMILES string of the molecule is CCc1cnc(N2CCC(C3CC3CCOc3ccc(CC(=O)OC)cc3)CC2)nc1C. The molecule has 0 N–H and O–H groups in total. The van der Waals surface area contributed by atoms with Crippen LogP contribution in [0.3, 0.4) is 0 Å². The molecule has 2 fully saturated rings. The highest BCUT2D eigenvalue weighted by atomic mass is 16.5. The fourth-order valence-corrected chi connectivity index (χ4v) is 4.96. The summed E-state index contributed by atoms with van der Waals surface area (Å²) < 4.78 is 10.6. The maximum Gasteiger partial charge on any atom is 0.309 e. The highest BCUT2D eigenvalue weighted by Gasteiger charge is 2.43. The van der Waals surface area contributed by atoms with E-state index in [1.807, 2.05) is 30.5 Å². The van der Waals surface area contributed by atoms with Crippen LogP contribution in [0.2, 0.25) is 0 Å². The molecule has 0 spiro atoms. The Kier molecular flexibility index (Phi) is 7.28.